The van der Waals surface area contributed by atoms with E-state index in [0.717, 1.165) is 0 Å². The summed E-state index contributed by atoms with van der Waals surface area (Å²) in [5.74, 6) is 0. The van der Waals surface area contributed by atoms with Crippen LogP contribution in [-0.4, -0.2) is 6.16 Å². The third-order valence-electron chi connectivity index (χ3n) is 2.68. The summed E-state index contributed by atoms with van der Waals surface area (Å²) in [6, 6.07) is 10.5. The summed E-state index contributed by atoms with van der Waals surface area (Å²) in [7, 11) is 2.80. The summed E-state index contributed by atoms with van der Waals surface area (Å²) in [6.07, 6.45) is 13.9. The van der Waals surface area contributed by atoms with Gasteiger partial charge in [0.05, 0.1) is 0 Å². The molecular formula is C15H23P. The number of allylic oxidation sites excluding steroid dienone is 1. The van der Waals surface area contributed by atoms with Crippen molar-refractivity contribution < 1.29 is 0 Å². The van der Waals surface area contributed by atoms with Gasteiger partial charge in [-0.3, -0.25) is 0 Å². The van der Waals surface area contributed by atoms with Crippen molar-refractivity contribution in [2.24, 2.45) is 0 Å². The van der Waals surface area contributed by atoms with Crippen LogP contribution in [0.25, 0.3) is 6.08 Å². The summed E-state index contributed by atoms with van der Waals surface area (Å²) >= 11 is 0. The van der Waals surface area contributed by atoms with Gasteiger partial charge in [-0.15, -0.1) is 9.24 Å². The molecule has 0 saturated carbocycles. The Kier molecular flexibility index (Phi) is 8.08. The average molecular weight is 234 g/mol. The first-order chi connectivity index (χ1) is 7.93. The number of unbranched alkanes of at least 4 members (excludes halogenated alkanes) is 5. The highest BCUT2D eigenvalue weighted by atomic mass is 31.0. The lowest BCUT2D eigenvalue weighted by molar-refractivity contribution is 0.640. The van der Waals surface area contributed by atoms with Crippen molar-refractivity contribution in [1.29, 1.82) is 0 Å². The molecule has 1 aromatic rings. The molecule has 0 heterocycles. The van der Waals surface area contributed by atoms with Gasteiger partial charge in [0.25, 0.3) is 0 Å². The molecule has 0 aliphatic rings. The van der Waals surface area contributed by atoms with Gasteiger partial charge in [0, 0.05) is 0 Å². The molecule has 0 saturated heterocycles. The normalized spacial score (nSPS) is 11.1. The van der Waals surface area contributed by atoms with Gasteiger partial charge in [-0.1, -0.05) is 61.7 Å². The second-order valence-electron chi connectivity index (χ2n) is 4.16. The van der Waals surface area contributed by atoms with Crippen LogP contribution >= 0.6 is 9.24 Å². The standard InChI is InChI=1S/C15H23P/c16-14-10-5-3-1-2-4-7-11-15-12-8-6-9-13-15/h6-9,11-13H,1-5,10,14,16H2. The fourth-order valence-electron chi connectivity index (χ4n) is 1.72. The largest absolute Gasteiger partial charge is 0.138 e. The third-order valence-corrected chi connectivity index (χ3v) is 3.09. The molecule has 0 bridgehead atoms. The smallest absolute Gasteiger partial charge is 0.0260 e. The summed E-state index contributed by atoms with van der Waals surface area (Å²) in [6.45, 7) is 0. The molecule has 0 aliphatic carbocycles. The summed E-state index contributed by atoms with van der Waals surface area (Å²) in [5.41, 5.74) is 1.31. The molecule has 16 heavy (non-hydrogen) atoms. The predicted molar refractivity (Wildman–Crippen MR) is 77.8 cm³/mol. The van der Waals surface area contributed by atoms with Crippen molar-refractivity contribution >= 4 is 15.3 Å². The van der Waals surface area contributed by atoms with Gasteiger partial charge in [0.2, 0.25) is 0 Å². The van der Waals surface area contributed by atoms with E-state index in [1.807, 2.05) is 0 Å². The van der Waals surface area contributed by atoms with Crippen molar-refractivity contribution in [2.45, 2.75) is 38.5 Å². The number of benzene rings is 1. The van der Waals surface area contributed by atoms with Gasteiger partial charge in [-0.05, 0) is 31.0 Å². The first kappa shape index (κ1) is 13.5. The second kappa shape index (κ2) is 9.60. The van der Waals surface area contributed by atoms with E-state index in [9.17, 15) is 0 Å². The van der Waals surface area contributed by atoms with Gasteiger partial charge in [0.1, 0.15) is 0 Å². The Labute approximate surface area is 102 Å². The van der Waals surface area contributed by atoms with Gasteiger partial charge >= 0.3 is 0 Å². The van der Waals surface area contributed by atoms with Crippen LogP contribution in [0.4, 0.5) is 0 Å². The highest BCUT2D eigenvalue weighted by molar-refractivity contribution is 7.16. The fraction of sp³-hybridized carbons (Fsp3) is 0.467. The van der Waals surface area contributed by atoms with E-state index in [0.29, 0.717) is 0 Å². The first-order valence-electron chi connectivity index (χ1n) is 6.35. The molecular weight excluding hydrogens is 211 g/mol. The SMILES string of the molecule is PCCCCCCCC=Cc1ccccc1. The van der Waals surface area contributed by atoms with Crippen molar-refractivity contribution in [1.82, 2.24) is 0 Å². The van der Waals surface area contributed by atoms with Crippen LogP contribution in [0, 0.1) is 0 Å². The maximum atomic E-state index is 2.80. The zero-order valence-electron chi connectivity index (χ0n) is 10.1. The van der Waals surface area contributed by atoms with E-state index in [-0.39, 0.29) is 0 Å². The molecule has 0 N–H and O–H groups in total. The van der Waals surface area contributed by atoms with E-state index < -0.39 is 0 Å². The number of rotatable bonds is 8. The van der Waals surface area contributed by atoms with Crippen LogP contribution < -0.4 is 0 Å². The lowest BCUT2D eigenvalue weighted by atomic mass is 10.1. The van der Waals surface area contributed by atoms with Crippen LogP contribution in [0.5, 0.6) is 0 Å². The summed E-state index contributed by atoms with van der Waals surface area (Å²) in [5, 5.41) is 0. The molecule has 0 fully saturated rings. The Morgan fingerprint density at radius 3 is 2.31 bits per heavy atom. The van der Waals surface area contributed by atoms with Crippen LogP contribution in [0.1, 0.15) is 44.1 Å². The van der Waals surface area contributed by atoms with Crippen LogP contribution in [-0.2, 0) is 0 Å². The van der Waals surface area contributed by atoms with E-state index in [1.54, 1.807) is 0 Å². The predicted octanol–water partition coefficient (Wildman–Crippen LogP) is 4.92. The summed E-state index contributed by atoms with van der Waals surface area (Å²) < 4.78 is 0. The molecule has 0 spiro atoms. The highest BCUT2D eigenvalue weighted by Crippen LogP contribution is 2.08. The lowest BCUT2D eigenvalue weighted by Crippen LogP contribution is -1.79. The van der Waals surface area contributed by atoms with Gasteiger partial charge in [-0.2, -0.15) is 0 Å². The quantitative estimate of drug-likeness (QED) is 0.442. The minimum Gasteiger partial charge on any atom is -0.138 e. The first-order valence-corrected chi connectivity index (χ1v) is 7.17. The zero-order valence-corrected chi connectivity index (χ0v) is 11.2. The van der Waals surface area contributed by atoms with Crippen LogP contribution in [0.2, 0.25) is 0 Å². The van der Waals surface area contributed by atoms with Gasteiger partial charge < -0.3 is 0 Å². The van der Waals surface area contributed by atoms with Gasteiger partial charge in [0.15, 0.2) is 0 Å². The minimum absolute atomic E-state index is 1.22. The maximum absolute atomic E-state index is 2.80. The molecule has 0 aliphatic heterocycles. The van der Waals surface area contributed by atoms with Crippen molar-refractivity contribution in [3.8, 4) is 0 Å². The van der Waals surface area contributed by atoms with Crippen molar-refractivity contribution in [3.05, 3.63) is 42.0 Å². The molecule has 0 aromatic heterocycles. The third kappa shape index (κ3) is 6.80. The monoisotopic (exact) mass is 234 g/mol. The molecule has 1 atom stereocenters. The van der Waals surface area contributed by atoms with E-state index in [2.05, 4.69) is 51.7 Å². The molecule has 0 radical (unpaired) electrons. The van der Waals surface area contributed by atoms with Gasteiger partial charge in [-0.25, -0.2) is 0 Å². The molecule has 88 valence electrons. The van der Waals surface area contributed by atoms with Crippen molar-refractivity contribution in [2.75, 3.05) is 6.16 Å². The molecule has 1 rings (SSSR count). The lowest BCUT2D eigenvalue weighted by Gasteiger charge is -1.97. The Morgan fingerprint density at radius 2 is 1.56 bits per heavy atom. The van der Waals surface area contributed by atoms with E-state index in [4.69, 9.17) is 0 Å². The Bertz CT molecular complexity index is 277. The molecule has 1 unspecified atom stereocenters. The zero-order chi connectivity index (χ0) is 11.5. The Balaban J connectivity index is 2.01. The van der Waals surface area contributed by atoms with Crippen molar-refractivity contribution in [3.63, 3.8) is 0 Å². The van der Waals surface area contributed by atoms with Crippen LogP contribution in [0.15, 0.2) is 36.4 Å². The van der Waals surface area contributed by atoms with Crippen LogP contribution in [0.3, 0.4) is 0 Å². The Hall–Kier alpha value is -0.610. The summed E-state index contributed by atoms with van der Waals surface area (Å²) in [4.78, 5) is 0. The fourth-order valence-corrected chi connectivity index (χ4v) is 2.01. The maximum Gasteiger partial charge on any atom is -0.0260 e. The minimum atomic E-state index is 1.22. The average Bonchev–Trinajstić information content (AvgIpc) is 2.34. The van der Waals surface area contributed by atoms with E-state index in [1.165, 1.54) is 50.3 Å². The Morgan fingerprint density at radius 1 is 0.875 bits per heavy atom. The van der Waals surface area contributed by atoms with E-state index >= 15 is 0 Å². The molecule has 1 aromatic carbocycles. The topological polar surface area (TPSA) is 0 Å². The molecule has 0 amide bonds. The number of hydrogen-bond donors (Lipinski definition) is 0. The number of hydrogen-bond acceptors (Lipinski definition) is 0. The highest BCUT2D eigenvalue weighted by Gasteiger charge is 1.88. The molecule has 1 heteroatoms. The second-order valence-corrected chi connectivity index (χ2v) is 4.74. The molecule has 0 nitrogen and oxygen atoms in total.